The van der Waals surface area contributed by atoms with Crippen molar-refractivity contribution in [1.29, 1.82) is 0 Å². The number of nitrogens with one attached hydrogen (secondary N) is 1. The van der Waals surface area contributed by atoms with Crippen LogP contribution in [0.1, 0.15) is 24.2 Å². The molecule has 0 aliphatic carbocycles. The number of nitrogens with zero attached hydrogens (tertiary/aromatic N) is 5. The van der Waals surface area contributed by atoms with Gasteiger partial charge in [0, 0.05) is 25.2 Å². The van der Waals surface area contributed by atoms with Crippen molar-refractivity contribution in [2.45, 2.75) is 33.0 Å². The zero-order chi connectivity index (χ0) is 21.8. The summed E-state index contributed by atoms with van der Waals surface area (Å²) in [6.45, 7) is 4.97. The van der Waals surface area contributed by atoms with Crippen molar-refractivity contribution in [2.24, 2.45) is 5.92 Å². The maximum Gasteiger partial charge on any atom is 0.228 e. The number of piperidine rings is 1. The summed E-state index contributed by atoms with van der Waals surface area (Å²) in [6.07, 6.45) is 3.11. The molecule has 9 heteroatoms. The largest absolute Gasteiger partial charge is 0.310 e. The second kappa shape index (κ2) is 9.72. The van der Waals surface area contributed by atoms with Crippen LogP contribution in [0.15, 0.2) is 48.7 Å². The van der Waals surface area contributed by atoms with Crippen LogP contribution in [0, 0.1) is 17.6 Å². The third-order valence-electron chi connectivity index (χ3n) is 5.56. The quantitative estimate of drug-likeness (QED) is 0.565. The molecule has 0 saturated carbocycles. The van der Waals surface area contributed by atoms with Crippen molar-refractivity contribution in [3.63, 3.8) is 0 Å². The molecule has 1 aliphatic heterocycles. The van der Waals surface area contributed by atoms with E-state index in [0.29, 0.717) is 24.1 Å². The van der Waals surface area contributed by atoms with Crippen molar-refractivity contribution in [1.82, 2.24) is 24.2 Å². The van der Waals surface area contributed by atoms with Gasteiger partial charge in [0.15, 0.2) is 4.77 Å². The molecule has 2 aromatic heterocycles. The molecule has 1 aliphatic rings. The standard InChI is InChI=1S/C22H25ClN6OS/c1-16-26-29(22(31)28(16)14-17-5-3-2-4-6-17)15-27-11-9-18(10-12-27)21(30)25-20-8-7-19(23)13-24-20/h2-8,13,18H,9-12,14-15H2,1H3,(H,24,25,30). The summed E-state index contributed by atoms with van der Waals surface area (Å²) in [5.41, 5.74) is 1.20. The van der Waals surface area contributed by atoms with Crippen LogP contribution in [-0.2, 0) is 18.0 Å². The van der Waals surface area contributed by atoms with Gasteiger partial charge >= 0.3 is 0 Å². The first-order valence-electron chi connectivity index (χ1n) is 10.3. The Morgan fingerprint density at radius 3 is 2.61 bits per heavy atom. The fraction of sp³-hybridized carbons (Fsp3) is 0.364. The number of benzene rings is 1. The Morgan fingerprint density at radius 1 is 1.19 bits per heavy atom. The van der Waals surface area contributed by atoms with Crippen LogP contribution in [0.25, 0.3) is 0 Å². The summed E-state index contributed by atoms with van der Waals surface area (Å²) in [5.74, 6) is 1.41. The lowest BCUT2D eigenvalue weighted by Gasteiger charge is -2.30. The minimum atomic E-state index is -0.0286. The normalized spacial score (nSPS) is 15.2. The predicted molar refractivity (Wildman–Crippen MR) is 124 cm³/mol. The first-order chi connectivity index (χ1) is 15.0. The third kappa shape index (κ3) is 5.39. The second-order valence-corrected chi connectivity index (χ2v) is 8.59. The van der Waals surface area contributed by atoms with E-state index in [1.54, 1.807) is 12.1 Å². The molecular weight excluding hydrogens is 432 g/mol. The van der Waals surface area contributed by atoms with Gasteiger partial charge in [-0.25, -0.2) is 9.67 Å². The van der Waals surface area contributed by atoms with Crippen molar-refractivity contribution in [2.75, 3.05) is 18.4 Å². The zero-order valence-corrected chi connectivity index (χ0v) is 18.9. The van der Waals surface area contributed by atoms with Gasteiger partial charge in [0.1, 0.15) is 11.6 Å². The fourth-order valence-corrected chi connectivity index (χ4v) is 4.20. The molecule has 0 bridgehead atoms. The highest BCUT2D eigenvalue weighted by Crippen LogP contribution is 2.20. The molecule has 0 radical (unpaired) electrons. The lowest BCUT2D eigenvalue weighted by molar-refractivity contribution is -0.121. The summed E-state index contributed by atoms with van der Waals surface area (Å²) in [6, 6.07) is 13.7. The Balaban J connectivity index is 1.33. The van der Waals surface area contributed by atoms with Gasteiger partial charge in [-0.05, 0) is 49.7 Å². The van der Waals surface area contributed by atoms with Gasteiger partial charge in [-0.1, -0.05) is 41.9 Å². The molecule has 31 heavy (non-hydrogen) atoms. The Morgan fingerprint density at radius 2 is 1.94 bits per heavy atom. The molecule has 162 valence electrons. The molecule has 7 nitrogen and oxygen atoms in total. The van der Waals surface area contributed by atoms with Crippen LogP contribution in [0.4, 0.5) is 5.82 Å². The molecule has 0 atom stereocenters. The molecule has 0 spiro atoms. The van der Waals surface area contributed by atoms with Crippen LogP contribution in [0.5, 0.6) is 0 Å². The smallest absolute Gasteiger partial charge is 0.228 e. The van der Waals surface area contributed by atoms with Gasteiger partial charge in [0.25, 0.3) is 0 Å². The maximum absolute atomic E-state index is 12.6. The predicted octanol–water partition coefficient (Wildman–Crippen LogP) is 4.13. The number of likely N-dealkylation sites (tertiary alicyclic amines) is 1. The van der Waals surface area contributed by atoms with E-state index in [1.807, 2.05) is 29.8 Å². The summed E-state index contributed by atoms with van der Waals surface area (Å²) in [7, 11) is 0. The number of hydrogen-bond acceptors (Lipinski definition) is 5. The number of anilines is 1. The van der Waals surface area contributed by atoms with E-state index in [1.165, 1.54) is 11.8 Å². The highest BCUT2D eigenvalue weighted by molar-refractivity contribution is 7.71. The van der Waals surface area contributed by atoms with Crippen LogP contribution < -0.4 is 5.32 Å². The molecule has 1 saturated heterocycles. The highest BCUT2D eigenvalue weighted by atomic mass is 35.5. The average molecular weight is 457 g/mol. The number of amides is 1. The zero-order valence-electron chi connectivity index (χ0n) is 17.4. The first kappa shape index (κ1) is 21.7. The van der Waals surface area contributed by atoms with Gasteiger partial charge in [-0.2, -0.15) is 5.10 Å². The lowest BCUT2D eigenvalue weighted by Crippen LogP contribution is -2.39. The molecule has 4 rings (SSSR count). The van der Waals surface area contributed by atoms with E-state index >= 15 is 0 Å². The number of halogens is 1. The minimum absolute atomic E-state index is 0.00840. The van der Waals surface area contributed by atoms with Crippen molar-refractivity contribution >= 4 is 35.5 Å². The number of hydrogen-bond donors (Lipinski definition) is 1. The molecule has 3 aromatic rings. The average Bonchev–Trinajstić information content (AvgIpc) is 3.04. The van der Waals surface area contributed by atoms with Crippen molar-refractivity contribution < 1.29 is 4.79 Å². The molecule has 1 amide bonds. The van der Waals surface area contributed by atoms with Gasteiger partial charge in [0.2, 0.25) is 5.91 Å². The molecule has 1 fully saturated rings. The van der Waals surface area contributed by atoms with E-state index in [0.717, 1.165) is 36.5 Å². The van der Waals surface area contributed by atoms with Crippen molar-refractivity contribution in [3.05, 3.63) is 69.8 Å². The number of rotatable bonds is 6. The van der Waals surface area contributed by atoms with Gasteiger partial charge in [-0.3, -0.25) is 14.3 Å². The molecule has 1 N–H and O–H groups in total. The van der Waals surface area contributed by atoms with E-state index in [-0.39, 0.29) is 11.8 Å². The summed E-state index contributed by atoms with van der Waals surface area (Å²) in [4.78, 5) is 19.0. The SMILES string of the molecule is Cc1nn(CN2CCC(C(=O)Nc3ccc(Cl)cn3)CC2)c(=S)n1Cc1ccccc1. The molecule has 1 aromatic carbocycles. The third-order valence-corrected chi connectivity index (χ3v) is 6.22. The van der Waals surface area contributed by atoms with Crippen molar-refractivity contribution in [3.8, 4) is 0 Å². The summed E-state index contributed by atoms with van der Waals surface area (Å²) in [5, 5.41) is 8.08. The van der Waals surface area contributed by atoms with E-state index in [9.17, 15) is 4.79 Å². The number of carbonyl (C=O) groups is 1. The second-order valence-electron chi connectivity index (χ2n) is 7.79. The Bertz CT molecular complexity index is 1090. The van der Waals surface area contributed by atoms with Crippen LogP contribution in [0.2, 0.25) is 5.02 Å². The summed E-state index contributed by atoms with van der Waals surface area (Å²) < 4.78 is 4.66. The lowest BCUT2D eigenvalue weighted by atomic mass is 9.96. The van der Waals surface area contributed by atoms with Crippen LogP contribution in [-0.4, -0.2) is 43.2 Å². The van der Waals surface area contributed by atoms with Gasteiger partial charge in [0.05, 0.1) is 18.2 Å². The first-order valence-corrected chi connectivity index (χ1v) is 11.1. The Labute approximate surface area is 191 Å². The van der Waals surface area contributed by atoms with E-state index < -0.39 is 0 Å². The Kier molecular flexibility index (Phi) is 6.80. The number of carbonyl (C=O) groups excluding carboxylic acids is 1. The van der Waals surface area contributed by atoms with Gasteiger partial charge < -0.3 is 5.32 Å². The minimum Gasteiger partial charge on any atom is -0.310 e. The molecule has 3 heterocycles. The monoisotopic (exact) mass is 456 g/mol. The number of aromatic nitrogens is 4. The number of aryl methyl sites for hydroxylation is 1. The topological polar surface area (TPSA) is 68.0 Å². The molecule has 0 unspecified atom stereocenters. The van der Waals surface area contributed by atoms with Gasteiger partial charge in [-0.15, -0.1) is 0 Å². The van der Waals surface area contributed by atoms with E-state index in [2.05, 4.69) is 37.0 Å². The fourth-order valence-electron chi connectivity index (χ4n) is 3.79. The van der Waals surface area contributed by atoms with E-state index in [4.69, 9.17) is 23.8 Å². The maximum atomic E-state index is 12.6. The van der Waals surface area contributed by atoms with Crippen LogP contribution >= 0.6 is 23.8 Å². The highest BCUT2D eigenvalue weighted by Gasteiger charge is 2.26. The summed E-state index contributed by atoms with van der Waals surface area (Å²) >= 11 is 11.5. The van der Waals surface area contributed by atoms with Crippen LogP contribution in [0.3, 0.4) is 0 Å². The number of pyridine rings is 1. The Hall–Kier alpha value is -2.55. The molecular formula is C22H25ClN6OS.